The van der Waals surface area contributed by atoms with Gasteiger partial charge in [0.2, 0.25) is 0 Å². The maximum absolute atomic E-state index is 8.82. The second kappa shape index (κ2) is 7.04. The lowest BCUT2D eigenvalue weighted by atomic mass is 10.1. The van der Waals surface area contributed by atoms with E-state index < -0.39 is 0 Å². The number of ether oxygens (including phenoxy) is 1. The zero-order valence-corrected chi connectivity index (χ0v) is 12.4. The molecule has 4 nitrogen and oxygen atoms in total. The average Bonchev–Trinajstić information content (AvgIpc) is 2.47. The van der Waals surface area contributed by atoms with Crippen molar-refractivity contribution in [1.82, 2.24) is 4.98 Å². The first-order valence-electron chi connectivity index (χ1n) is 6.19. The van der Waals surface area contributed by atoms with Gasteiger partial charge in [-0.3, -0.25) is 0 Å². The van der Waals surface area contributed by atoms with Gasteiger partial charge in [-0.1, -0.05) is 15.9 Å². The van der Waals surface area contributed by atoms with Gasteiger partial charge in [-0.15, -0.1) is 0 Å². The van der Waals surface area contributed by atoms with E-state index in [2.05, 4.69) is 20.9 Å². The van der Waals surface area contributed by atoms with Gasteiger partial charge in [0.25, 0.3) is 0 Å². The number of rotatable bonds is 5. The van der Waals surface area contributed by atoms with Crippen LogP contribution in [0.25, 0.3) is 0 Å². The Bertz CT molecular complexity index is 637. The van der Waals surface area contributed by atoms with Gasteiger partial charge in [-0.25, -0.2) is 4.98 Å². The third-order valence-electron chi connectivity index (χ3n) is 2.77. The Kier molecular flexibility index (Phi) is 5.10. The molecule has 0 fully saturated rings. The molecule has 2 aromatic rings. The van der Waals surface area contributed by atoms with Crippen LogP contribution in [0.4, 0.5) is 0 Å². The second-order valence-corrected chi connectivity index (χ2v) is 5.16. The Hall–Kier alpha value is -1.90. The number of halogens is 1. The lowest BCUT2D eigenvalue weighted by Crippen LogP contribution is -2.05. The number of nitrogens with two attached hydrogens (primary N) is 1. The summed E-state index contributed by atoms with van der Waals surface area (Å²) in [6.07, 6.45) is 2.37. The molecule has 0 atom stereocenters. The largest absolute Gasteiger partial charge is 0.489 e. The highest BCUT2D eigenvalue weighted by molar-refractivity contribution is 9.10. The molecular weight excluding hydrogens is 318 g/mol. The van der Waals surface area contributed by atoms with E-state index in [1.807, 2.05) is 30.3 Å². The number of benzene rings is 1. The number of pyridine rings is 1. The van der Waals surface area contributed by atoms with E-state index in [1.54, 1.807) is 12.3 Å². The zero-order valence-electron chi connectivity index (χ0n) is 10.8. The van der Waals surface area contributed by atoms with Crippen molar-refractivity contribution in [2.24, 2.45) is 5.73 Å². The molecule has 0 aliphatic heterocycles. The number of hydrogen-bond donors (Lipinski definition) is 1. The molecule has 2 N–H and O–H groups in total. The fraction of sp³-hybridized carbons (Fsp3) is 0.200. The summed E-state index contributed by atoms with van der Waals surface area (Å²) in [4.78, 5) is 3.93. The molecule has 0 aliphatic rings. The fourth-order valence-electron chi connectivity index (χ4n) is 1.83. The van der Waals surface area contributed by atoms with Gasteiger partial charge in [0.05, 0.1) is 0 Å². The minimum atomic E-state index is 0.393. The van der Waals surface area contributed by atoms with Crippen LogP contribution in [0, 0.1) is 11.3 Å². The van der Waals surface area contributed by atoms with Crippen LogP contribution in [-0.4, -0.2) is 11.5 Å². The summed E-state index contributed by atoms with van der Waals surface area (Å²) in [5, 5.41) is 8.82. The Morgan fingerprint density at radius 1 is 1.30 bits per heavy atom. The molecule has 0 unspecified atom stereocenters. The van der Waals surface area contributed by atoms with E-state index in [1.165, 1.54) is 0 Å². The molecule has 0 saturated heterocycles. The Morgan fingerprint density at radius 3 is 2.90 bits per heavy atom. The van der Waals surface area contributed by atoms with Gasteiger partial charge in [0.15, 0.2) is 0 Å². The van der Waals surface area contributed by atoms with Crippen molar-refractivity contribution in [3.05, 3.63) is 57.8 Å². The highest BCUT2D eigenvalue weighted by Gasteiger charge is 2.05. The van der Waals surface area contributed by atoms with E-state index in [0.29, 0.717) is 18.8 Å². The topological polar surface area (TPSA) is 71.9 Å². The Morgan fingerprint density at radius 2 is 2.15 bits per heavy atom. The van der Waals surface area contributed by atoms with Crippen LogP contribution in [0.2, 0.25) is 0 Å². The maximum atomic E-state index is 8.82. The van der Waals surface area contributed by atoms with Crippen LogP contribution >= 0.6 is 15.9 Å². The van der Waals surface area contributed by atoms with Crippen LogP contribution < -0.4 is 10.5 Å². The molecule has 1 heterocycles. The molecule has 2 rings (SSSR count). The van der Waals surface area contributed by atoms with Crippen molar-refractivity contribution < 1.29 is 4.74 Å². The lowest BCUT2D eigenvalue weighted by Gasteiger charge is -2.11. The molecule has 0 spiro atoms. The van der Waals surface area contributed by atoms with Crippen LogP contribution in [-0.2, 0) is 13.0 Å². The van der Waals surface area contributed by atoms with Gasteiger partial charge >= 0.3 is 0 Å². The number of aromatic nitrogens is 1. The predicted molar refractivity (Wildman–Crippen MR) is 80.2 cm³/mol. The van der Waals surface area contributed by atoms with E-state index >= 15 is 0 Å². The second-order valence-electron chi connectivity index (χ2n) is 4.24. The van der Waals surface area contributed by atoms with Gasteiger partial charge in [0.1, 0.15) is 24.1 Å². The number of nitrogens with zero attached hydrogens (tertiary/aromatic N) is 2. The molecule has 1 aromatic carbocycles. The molecule has 0 amide bonds. The standard InChI is InChI=1S/C15H14BrN3O/c16-13-1-2-15(12(8-13)3-5-17)20-10-11-4-6-19-14(7-11)9-18/h1-2,4,6-8H,3,5,10,17H2. The minimum Gasteiger partial charge on any atom is -0.489 e. The molecule has 102 valence electrons. The highest BCUT2D eigenvalue weighted by atomic mass is 79.9. The lowest BCUT2D eigenvalue weighted by molar-refractivity contribution is 0.303. The SMILES string of the molecule is N#Cc1cc(COc2ccc(Br)cc2CCN)ccn1. The van der Waals surface area contributed by atoms with Crippen LogP contribution in [0.1, 0.15) is 16.8 Å². The smallest absolute Gasteiger partial charge is 0.140 e. The molecule has 1 aromatic heterocycles. The minimum absolute atomic E-state index is 0.393. The fourth-order valence-corrected chi connectivity index (χ4v) is 2.23. The normalized spacial score (nSPS) is 10.1. The van der Waals surface area contributed by atoms with E-state index in [-0.39, 0.29) is 0 Å². The molecule has 0 aliphatic carbocycles. The summed E-state index contributed by atoms with van der Waals surface area (Å²) in [6, 6.07) is 11.4. The third kappa shape index (κ3) is 3.80. The summed E-state index contributed by atoms with van der Waals surface area (Å²) in [6.45, 7) is 0.969. The first-order chi connectivity index (χ1) is 9.72. The van der Waals surface area contributed by atoms with Gasteiger partial charge in [0, 0.05) is 10.7 Å². The first kappa shape index (κ1) is 14.5. The quantitative estimate of drug-likeness (QED) is 0.914. The number of hydrogen-bond acceptors (Lipinski definition) is 4. The van der Waals surface area contributed by atoms with Crippen molar-refractivity contribution in [2.75, 3.05) is 6.54 Å². The molecular formula is C15H14BrN3O. The van der Waals surface area contributed by atoms with Gasteiger partial charge in [-0.05, 0) is 54.4 Å². The molecule has 5 heteroatoms. The Balaban J connectivity index is 2.12. The summed E-state index contributed by atoms with van der Waals surface area (Å²) < 4.78 is 6.82. The predicted octanol–water partition coefficient (Wildman–Crippen LogP) is 2.80. The van der Waals surface area contributed by atoms with E-state index in [4.69, 9.17) is 15.7 Å². The molecule has 0 saturated carbocycles. The highest BCUT2D eigenvalue weighted by Crippen LogP contribution is 2.24. The molecule has 0 radical (unpaired) electrons. The van der Waals surface area contributed by atoms with Crippen molar-refractivity contribution in [1.29, 1.82) is 5.26 Å². The zero-order chi connectivity index (χ0) is 14.4. The average molecular weight is 332 g/mol. The van der Waals surface area contributed by atoms with E-state index in [0.717, 1.165) is 27.8 Å². The van der Waals surface area contributed by atoms with Crippen molar-refractivity contribution in [3.63, 3.8) is 0 Å². The first-order valence-corrected chi connectivity index (χ1v) is 6.98. The van der Waals surface area contributed by atoms with Crippen LogP contribution in [0.15, 0.2) is 41.0 Å². The van der Waals surface area contributed by atoms with Crippen LogP contribution in [0.5, 0.6) is 5.75 Å². The third-order valence-corrected chi connectivity index (χ3v) is 3.26. The summed E-state index contributed by atoms with van der Waals surface area (Å²) >= 11 is 3.44. The maximum Gasteiger partial charge on any atom is 0.140 e. The summed E-state index contributed by atoms with van der Waals surface area (Å²) in [5.74, 6) is 0.814. The van der Waals surface area contributed by atoms with E-state index in [9.17, 15) is 0 Å². The number of nitriles is 1. The van der Waals surface area contributed by atoms with Crippen LogP contribution in [0.3, 0.4) is 0 Å². The molecule has 0 bridgehead atoms. The monoisotopic (exact) mass is 331 g/mol. The summed E-state index contributed by atoms with van der Waals surface area (Å²) in [7, 11) is 0. The van der Waals surface area contributed by atoms with Crippen molar-refractivity contribution in [3.8, 4) is 11.8 Å². The summed E-state index contributed by atoms with van der Waals surface area (Å²) in [5.41, 5.74) is 7.98. The van der Waals surface area contributed by atoms with Gasteiger partial charge in [-0.2, -0.15) is 5.26 Å². The Labute approximate surface area is 126 Å². The van der Waals surface area contributed by atoms with Gasteiger partial charge < -0.3 is 10.5 Å². The van der Waals surface area contributed by atoms with Crippen molar-refractivity contribution in [2.45, 2.75) is 13.0 Å². The van der Waals surface area contributed by atoms with Crippen molar-refractivity contribution >= 4 is 15.9 Å². The molecule has 20 heavy (non-hydrogen) atoms.